The van der Waals surface area contributed by atoms with Crippen LogP contribution >= 0.6 is 34.7 Å². The second-order valence-corrected chi connectivity index (χ2v) is 8.56. The van der Waals surface area contributed by atoms with Crippen molar-refractivity contribution in [1.82, 2.24) is 9.47 Å². The average Bonchev–Trinajstić information content (AvgIpc) is 3.02. The number of amides is 2. The van der Waals surface area contributed by atoms with Gasteiger partial charge in [0, 0.05) is 31.8 Å². The summed E-state index contributed by atoms with van der Waals surface area (Å²) in [4.78, 5) is 31.1. The summed E-state index contributed by atoms with van der Waals surface area (Å²) in [5.74, 6) is 0.207. The fourth-order valence-corrected chi connectivity index (χ4v) is 4.85. The summed E-state index contributed by atoms with van der Waals surface area (Å²) in [6.45, 7) is 3.47. The quantitative estimate of drug-likeness (QED) is 0.654. The maximum atomic E-state index is 12.3. The summed E-state index contributed by atoms with van der Waals surface area (Å²) < 4.78 is 13.3. The molecule has 0 spiro atoms. The van der Waals surface area contributed by atoms with Crippen molar-refractivity contribution < 1.29 is 19.1 Å². The van der Waals surface area contributed by atoms with Crippen molar-refractivity contribution in [2.45, 2.75) is 6.54 Å². The first-order valence-electron chi connectivity index (χ1n) is 8.87. The second kappa shape index (κ2) is 10.4. The molecule has 1 aromatic carbocycles. The minimum atomic E-state index is -0.261. The van der Waals surface area contributed by atoms with Crippen LogP contribution in [0.1, 0.15) is 0 Å². The first-order chi connectivity index (χ1) is 13.6. The minimum Gasteiger partial charge on any atom is -0.383 e. The number of carbonyl (C=O) groups is 2. The monoisotopic (exact) mass is 443 g/mol. The molecule has 7 nitrogen and oxygen atoms in total. The normalized spacial score (nSPS) is 15.4. The maximum absolute atomic E-state index is 12.3. The summed E-state index contributed by atoms with van der Waals surface area (Å²) in [5, 5.41) is 0.641. The van der Waals surface area contributed by atoms with Crippen LogP contribution in [0.25, 0.3) is 10.2 Å². The largest absolute Gasteiger partial charge is 0.383 e. The molecule has 152 valence electrons. The van der Waals surface area contributed by atoms with E-state index in [-0.39, 0.29) is 23.3 Å². The lowest BCUT2D eigenvalue weighted by Gasteiger charge is -2.26. The van der Waals surface area contributed by atoms with Gasteiger partial charge in [-0.3, -0.25) is 9.59 Å². The molecule has 1 aliphatic heterocycles. The van der Waals surface area contributed by atoms with Crippen LogP contribution in [0.3, 0.4) is 0 Å². The number of methoxy groups -OCH3 is 1. The Morgan fingerprint density at radius 1 is 1.32 bits per heavy atom. The number of thiazole rings is 1. The molecule has 0 saturated carbocycles. The molecule has 28 heavy (non-hydrogen) atoms. The van der Waals surface area contributed by atoms with E-state index in [0.29, 0.717) is 49.3 Å². The highest BCUT2D eigenvalue weighted by Crippen LogP contribution is 2.22. The van der Waals surface area contributed by atoms with Gasteiger partial charge >= 0.3 is 0 Å². The molecule has 0 unspecified atom stereocenters. The molecule has 2 heterocycles. The Bertz CT molecular complexity index is 906. The molecule has 3 rings (SSSR count). The second-order valence-electron chi connectivity index (χ2n) is 6.13. The van der Waals surface area contributed by atoms with E-state index in [1.807, 2.05) is 22.8 Å². The number of rotatable bonds is 7. The molecule has 1 aromatic heterocycles. The molecule has 0 atom stereocenters. The predicted octanol–water partition coefficient (Wildman–Crippen LogP) is 2.02. The third-order valence-electron chi connectivity index (χ3n) is 4.20. The summed E-state index contributed by atoms with van der Waals surface area (Å²) in [6, 6.07) is 5.60. The number of aromatic nitrogens is 1. The highest BCUT2D eigenvalue weighted by atomic mass is 35.5. The van der Waals surface area contributed by atoms with Gasteiger partial charge in [-0.15, -0.1) is 11.8 Å². The van der Waals surface area contributed by atoms with Gasteiger partial charge < -0.3 is 18.9 Å². The summed E-state index contributed by atoms with van der Waals surface area (Å²) in [6.07, 6.45) is 0. The van der Waals surface area contributed by atoms with E-state index in [1.54, 1.807) is 12.0 Å². The van der Waals surface area contributed by atoms with Gasteiger partial charge in [0.15, 0.2) is 4.80 Å². The Balaban J connectivity index is 1.66. The van der Waals surface area contributed by atoms with E-state index in [2.05, 4.69) is 4.99 Å². The molecule has 2 aromatic rings. The van der Waals surface area contributed by atoms with Crippen LogP contribution in [0, 0.1) is 0 Å². The van der Waals surface area contributed by atoms with Gasteiger partial charge in [0.2, 0.25) is 5.91 Å². The van der Waals surface area contributed by atoms with Crippen LogP contribution < -0.4 is 4.80 Å². The Labute approximate surface area is 176 Å². The highest BCUT2D eigenvalue weighted by molar-refractivity contribution is 8.00. The molecular formula is C18H22ClN3O4S2. The average molecular weight is 444 g/mol. The topological polar surface area (TPSA) is 73.1 Å². The van der Waals surface area contributed by atoms with Crippen LogP contribution in [0.5, 0.6) is 0 Å². The Morgan fingerprint density at radius 2 is 2.11 bits per heavy atom. The number of thioether (sulfide) groups is 1. The van der Waals surface area contributed by atoms with Gasteiger partial charge in [0.1, 0.15) is 0 Å². The highest BCUT2D eigenvalue weighted by Gasteiger charge is 2.17. The zero-order valence-corrected chi connectivity index (χ0v) is 17.9. The molecule has 0 bridgehead atoms. The Kier molecular flexibility index (Phi) is 7.92. The molecule has 0 aliphatic carbocycles. The predicted molar refractivity (Wildman–Crippen MR) is 112 cm³/mol. The van der Waals surface area contributed by atoms with E-state index in [0.717, 1.165) is 10.2 Å². The number of halogens is 1. The van der Waals surface area contributed by atoms with Crippen LogP contribution in [0.2, 0.25) is 5.02 Å². The van der Waals surface area contributed by atoms with Crippen molar-refractivity contribution in [2.75, 3.05) is 51.5 Å². The molecular weight excluding hydrogens is 422 g/mol. The molecule has 0 N–H and O–H groups in total. The van der Waals surface area contributed by atoms with Gasteiger partial charge in [0.25, 0.3) is 5.91 Å². The van der Waals surface area contributed by atoms with Gasteiger partial charge in [-0.05, 0) is 18.2 Å². The van der Waals surface area contributed by atoms with Crippen molar-refractivity contribution in [3.8, 4) is 0 Å². The summed E-state index contributed by atoms with van der Waals surface area (Å²) in [7, 11) is 1.63. The maximum Gasteiger partial charge on any atom is 0.258 e. The molecule has 10 heteroatoms. The SMILES string of the molecule is COCCn1c(=NC(=O)CSCC(=O)N2CCOCC2)sc2cc(Cl)ccc21. The van der Waals surface area contributed by atoms with Gasteiger partial charge in [-0.1, -0.05) is 22.9 Å². The fraction of sp³-hybridized carbons (Fsp3) is 0.500. The van der Waals surface area contributed by atoms with Crippen molar-refractivity contribution in [3.05, 3.63) is 28.0 Å². The van der Waals surface area contributed by atoms with Crippen molar-refractivity contribution in [3.63, 3.8) is 0 Å². The molecule has 0 radical (unpaired) electrons. The van der Waals surface area contributed by atoms with Crippen molar-refractivity contribution >= 4 is 56.7 Å². The van der Waals surface area contributed by atoms with Gasteiger partial charge in [-0.25, -0.2) is 0 Å². The van der Waals surface area contributed by atoms with Crippen LogP contribution in [-0.2, 0) is 25.6 Å². The number of morpholine rings is 1. The number of carbonyl (C=O) groups excluding carboxylic acids is 2. The number of ether oxygens (including phenoxy) is 2. The van der Waals surface area contributed by atoms with Gasteiger partial charge in [-0.2, -0.15) is 4.99 Å². The smallest absolute Gasteiger partial charge is 0.258 e. The minimum absolute atomic E-state index is 0.0350. The third-order valence-corrected chi connectivity index (χ3v) is 6.38. The van der Waals surface area contributed by atoms with Gasteiger partial charge in [0.05, 0.1) is 41.5 Å². The lowest BCUT2D eigenvalue weighted by Crippen LogP contribution is -2.41. The van der Waals surface area contributed by atoms with E-state index in [1.165, 1.54) is 23.1 Å². The third kappa shape index (κ3) is 5.57. The van der Waals surface area contributed by atoms with E-state index < -0.39 is 0 Å². The molecule has 2 amide bonds. The van der Waals surface area contributed by atoms with E-state index in [4.69, 9.17) is 21.1 Å². The summed E-state index contributed by atoms with van der Waals surface area (Å²) in [5.41, 5.74) is 0.966. The zero-order chi connectivity index (χ0) is 19.9. The fourth-order valence-electron chi connectivity index (χ4n) is 2.80. The van der Waals surface area contributed by atoms with Crippen molar-refractivity contribution in [2.24, 2.45) is 4.99 Å². The zero-order valence-electron chi connectivity index (χ0n) is 15.6. The lowest BCUT2D eigenvalue weighted by molar-refractivity contribution is -0.132. The number of fused-ring (bicyclic) bond motifs is 1. The van der Waals surface area contributed by atoms with Crippen LogP contribution in [0.4, 0.5) is 0 Å². The Hall–Kier alpha value is -1.39. The van der Waals surface area contributed by atoms with E-state index in [9.17, 15) is 9.59 Å². The molecule has 1 aliphatic rings. The Morgan fingerprint density at radius 3 is 2.86 bits per heavy atom. The summed E-state index contributed by atoms with van der Waals surface area (Å²) >= 11 is 8.79. The first kappa shape index (κ1) is 21.3. The lowest BCUT2D eigenvalue weighted by atomic mass is 10.3. The number of benzene rings is 1. The van der Waals surface area contributed by atoms with E-state index >= 15 is 0 Å². The number of nitrogens with zero attached hydrogens (tertiary/aromatic N) is 3. The first-order valence-corrected chi connectivity index (χ1v) is 11.2. The number of hydrogen-bond donors (Lipinski definition) is 0. The van der Waals surface area contributed by atoms with Crippen LogP contribution in [-0.4, -0.2) is 72.8 Å². The molecule has 1 fully saturated rings. The standard InChI is InChI=1S/C18H22ClN3O4S2/c1-25-7-6-22-14-3-2-13(19)10-15(14)28-18(22)20-16(23)11-27-12-17(24)21-4-8-26-9-5-21/h2-3,10H,4-9,11-12H2,1H3. The molecule has 1 saturated heterocycles. The number of hydrogen-bond acceptors (Lipinski definition) is 6. The van der Waals surface area contributed by atoms with Crippen LogP contribution in [0.15, 0.2) is 23.2 Å². The van der Waals surface area contributed by atoms with Crippen molar-refractivity contribution in [1.29, 1.82) is 0 Å².